The van der Waals surface area contributed by atoms with E-state index in [0.717, 1.165) is 56.9 Å². The Kier molecular flexibility index (Phi) is 8.46. The predicted octanol–water partition coefficient (Wildman–Crippen LogP) is 7.62. The SMILES string of the molecule is CCOC(=O)[C@H](Cc1ccccc1)NC(=O)[C@@]1(C)CC[C@]2(C)CC[C@]3(C)C(=CC(=O)[C@@H]4[C@@]5(C)CC[C@H](O)C(C)(C)[C@@H]5CC[C@]43C)[C@@H]2C1. The van der Waals surface area contributed by atoms with Crippen LogP contribution in [0.4, 0.5) is 0 Å². The van der Waals surface area contributed by atoms with Crippen LogP contribution >= 0.6 is 0 Å². The Hall–Kier alpha value is -2.47. The summed E-state index contributed by atoms with van der Waals surface area (Å²) in [6.07, 6.45) is 10.2. The number of hydrogen-bond donors (Lipinski definition) is 2. The highest BCUT2D eigenvalue weighted by Gasteiger charge is 2.70. The number of fused-ring (bicyclic) bond motifs is 7. The molecule has 1 aromatic carbocycles. The molecule has 0 radical (unpaired) electrons. The third-order valence-corrected chi connectivity index (χ3v) is 15.3. The van der Waals surface area contributed by atoms with Crippen LogP contribution in [0.15, 0.2) is 42.0 Å². The zero-order valence-corrected chi connectivity index (χ0v) is 30.2. The topological polar surface area (TPSA) is 92.7 Å². The van der Waals surface area contributed by atoms with E-state index < -0.39 is 17.4 Å². The molecule has 1 amide bonds. The highest BCUT2D eigenvalue weighted by molar-refractivity contribution is 5.96. The minimum Gasteiger partial charge on any atom is -0.464 e. The first-order valence-corrected chi connectivity index (χ1v) is 18.4. The predicted molar refractivity (Wildman–Crippen MR) is 184 cm³/mol. The van der Waals surface area contributed by atoms with Gasteiger partial charge in [0, 0.05) is 17.8 Å². The summed E-state index contributed by atoms with van der Waals surface area (Å²) in [5, 5.41) is 14.2. The molecule has 2 N–H and O–H groups in total. The summed E-state index contributed by atoms with van der Waals surface area (Å²) in [5.41, 5.74) is 0.918. The molecule has 6 nitrogen and oxygen atoms in total. The molecule has 0 heterocycles. The van der Waals surface area contributed by atoms with Gasteiger partial charge >= 0.3 is 5.97 Å². The molecule has 6 rings (SSSR count). The van der Waals surface area contributed by atoms with Crippen molar-refractivity contribution in [1.29, 1.82) is 0 Å². The average Bonchev–Trinajstić information content (AvgIpc) is 3.01. The summed E-state index contributed by atoms with van der Waals surface area (Å²) in [4.78, 5) is 42.0. The number of aliphatic hydroxyl groups is 1. The van der Waals surface area contributed by atoms with E-state index in [2.05, 4.69) is 59.9 Å². The van der Waals surface area contributed by atoms with Crippen molar-refractivity contribution in [2.75, 3.05) is 6.61 Å². The molecule has 258 valence electrons. The van der Waals surface area contributed by atoms with Crippen LogP contribution in [0, 0.1) is 50.2 Å². The van der Waals surface area contributed by atoms with E-state index in [0.29, 0.717) is 18.8 Å². The molecule has 47 heavy (non-hydrogen) atoms. The van der Waals surface area contributed by atoms with Gasteiger partial charge in [-0.05, 0) is 115 Å². The summed E-state index contributed by atoms with van der Waals surface area (Å²) < 4.78 is 5.41. The van der Waals surface area contributed by atoms with Crippen molar-refractivity contribution in [1.82, 2.24) is 5.32 Å². The van der Waals surface area contributed by atoms with E-state index >= 15 is 0 Å². The first-order valence-electron chi connectivity index (χ1n) is 18.4. The van der Waals surface area contributed by atoms with Crippen LogP contribution in [0.1, 0.15) is 119 Å². The molecular weight excluding hydrogens is 586 g/mol. The van der Waals surface area contributed by atoms with Crippen molar-refractivity contribution in [2.45, 2.75) is 132 Å². The number of rotatable bonds is 6. The molecule has 6 heteroatoms. The molecule has 0 spiro atoms. The monoisotopic (exact) mass is 645 g/mol. The minimum absolute atomic E-state index is 0.0250. The number of amides is 1. The van der Waals surface area contributed by atoms with Gasteiger partial charge in [-0.3, -0.25) is 9.59 Å². The zero-order valence-electron chi connectivity index (χ0n) is 30.2. The Labute approximate surface area is 282 Å². The van der Waals surface area contributed by atoms with E-state index in [1.807, 2.05) is 30.3 Å². The van der Waals surface area contributed by atoms with Crippen LogP contribution in [0.5, 0.6) is 0 Å². The number of esters is 1. The Balaban J connectivity index is 1.31. The maximum absolute atomic E-state index is 14.6. The fraction of sp³-hybridized carbons (Fsp3) is 0.732. The van der Waals surface area contributed by atoms with Crippen LogP contribution in [0.3, 0.4) is 0 Å². The second-order valence-corrected chi connectivity index (χ2v) is 18.1. The van der Waals surface area contributed by atoms with E-state index in [-0.39, 0.29) is 63.3 Å². The lowest BCUT2D eigenvalue weighted by Crippen LogP contribution is -2.66. The molecule has 0 saturated heterocycles. The summed E-state index contributed by atoms with van der Waals surface area (Å²) in [5.74, 6) is 0.131. The first-order chi connectivity index (χ1) is 21.9. The highest BCUT2D eigenvalue weighted by atomic mass is 16.5. The molecule has 0 aliphatic heterocycles. The van der Waals surface area contributed by atoms with E-state index in [1.165, 1.54) is 5.57 Å². The number of ether oxygens (including phenoxy) is 1. The van der Waals surface area contributed by atoms with Crippen molar-refractivity contribution in [3.63, 3.8) is 0 Å². The highest BCUT2D eigenvalue weighted by Crippen LogP contribution is 2.75. The van der Waals surface area contributed by atoms with Crippen LogP contribution < -0.4 is 5.32 Å². The number of ketones is 1. The largest absolute Gasteiger partial charge is 0.464 e. The van der Waals surface area contributed by atoms with Gasteiger partial charge in [0.25, 0.3) is 0 Å². The third kappa shape index (κ3) is 5.17. The Morgan fingerprint density at radius 3 is 2.30 bits per heavy atom. The number of aliphatic hydroxyl groups excluding tert-OH is 1. The molecule has 4 saturated carbocycles. The first kappa shape index (κ1) is 34.4. The van der Waals surface area contributed by atoms with Crippen LogP contribution in [0.2, 0.25) is 0 Å². The number of carbonyl (C=O) groups excluding carboxylic acids is 3. The Morgan fingerprint density at radius 1 is 0.936 bits per heavy atom. The number of carbonyl (C=O) groups is 3. The summed E-state index contributed by atoms with van der Waals surface area (Å²) in [6.45, 7) is 18.1. The van der Waals surface area contributed by atoms with Gasteiger partial charge in [-0.2, -0.15) is 0 Å². The third-order valence-electron chi connectivity index (χ3n) is 15.3. The standard InChI is InChI=1S/C41H59NO5/c1-9-47-34(45)29(23-26-13-11-10-12-14-26)42-35(46)38(5)20-19-37(4)21-22-40(7)27(28(37)25-38)24-30(43)33-39(6)17-16-32(44)36(2,3)31(39)15-18-41(33,40)8/h10-14,24,28-29,31-33,44H,9,15-23,25H2,1-8H3,(H,42,46)/t28-,29-,31-,32-,33+,37+,38-,39-,40+,41+/m0/s1. The molecule has 1 aromatic rings. The van der Waals surface area contributed by atoms with Gasteiger partial charge in [0.05, 0.1) is 12.7 Å². The molecule has 5 aliphatic carbocycles. The Morgan fingerprint density at radius 2 is 1.62 bits per heavy atom. The van der Waals surface area contributed by atoms with Gasteiger partial charge in [-0.15, -0.1) is 0 Å². The lowest BCUT2D eigenvalue weighted by Gasteiger charge is -2.70. The smallest absolute Gasteiger partial charge is 0.328 e. The average molecular weight is 646 g/mol. The van der Waals surface area contributed by atoms with Gasteiger partial charge < -0.3 is 15.2 Å². The number of hydrogen-bond acceptors (Lipinski definition) is 5. The van der Waals surface area contributed by atoms with Crippen molar-refractivity contribution in [2.24, 2.45) is 50.2 Å². The number of allylic oxidation sites excluding steroid dienone is 2. The normalized spacial score (nSPS) is 42.8. The summed E-state index contributed by atoms with van der Waals surface area (Å²) in [7, 11) is 0. The van der Waals surface area contributed by atoms with Gasteiger partial charge in [-0.1, -0.05) is 84.4 Å². The maximum Gasteiger partial charge on any atom is 0.328 e. The molecule has 4 fully saturated rings. The van der Waals surface area contributed by atoms with E-state index in [4.69, 9.17) is 4.74 Å². The minimum atomic E-state index is -0.754. The van der Waals surface area contributed by atoms with Crippen LogP contribution in [-0.4, -0.2) is 41.5 Å². The summed E-state index contributed by atoms with van der Waals surface area (Å²) >= 11 is 0. The number of nitrogens with one attached hydrogen (secondary N) is 1. The molecule has 10 atom stereocenters. The fourth-order valence-corrected chi connectivity index (χ4v) is 12.0. The molecule has 0 unspecified atom stereocenters. The second kappa shape index (κ2) is 11.6. The quantitative estimate of drug-likeness (QED) is 0.311. The van der Waals surface area contributed by atoms with Crippen LogP contribution in [-0.2, 0) is 25.5 Å². The van der Waals surface area contributed by atoms with Crippen molar-refractivity contribution < 1.29 is 24.2 Å². The molecule has 0 bridgehead atoms. The van der Waals surface area contributed by atoms with Crippen molar-refractivity contribution in [3.05, 3.63) is 47.5 Å². The maximum atomic E-state index is 14.6. The van der Waals surface area contributed by atoms with Gasteiger partial charge in [0.2, 0.25) is 5.91 Å². The van der Waals surface area contributed by atoms with Crippen molar-refractivity contribution in [3.8, 4) is 0 Å². The fourth-order valence-electron chi connectivity index (χ4n) is 12.0. The lowest BCUT2D eigenvalue weighted by molar-refractivity contribution is -0.202. The van der Waals surface area contributed by atoms with Gasteiger partial charge in [0.1, 0.15) is 6.04 Å². The molecule has 0 aromatic heterocycles. The van der Waals surface area contributed by atoms with E-state index in [9.17, 15) is 19.5 Å². The zero-order chi connectivity index (χ0) is 34.2. The van der Waals surface area contributed by atoms with Gasteiger partial charge in [-0.25, -0.2) is 4.79 Å². The lowest BCUT2D eigenvalue weighted by atomic mass is 9.33. The second-order valence-electron chi connectivity index (χ2n) is 18.1. The molecular formula is C41H59NO5. The summed E-state index contributed by atoms with van der Waals surface area (Å²) in [6, 6.07) is 9.02. The van der Waals surface area contributed by atoms with Crippen LogP contribution in [0.25, 0.3) is 0 Å². The molecule has 5 aliphatic rings. The Bertz CT molecular complexity index is 1450. The van der Waals surface area contributed by atoms with Crippen molar-refractivity contribution >= 4 is 17.7 Å². The van der Waals surface area contributed by atoms with Gasteiger partial charge in [0.15, 0.2) is 5.78 Å². The number of benzene rings is 1. The van der Waals surface area contributed by atoms with E-state index in [1.54, 1.807) is 6.92 Å².